The van der Waals surface area contributed by atoms with Gasteiger partial charge in [0.1, 0.15) is 0 Å². The topological polar surface area (TPSA) is 61.7 Å². The first kappa shape index (κ1) is 13.8. The molecule has 0 fully saturated rings. The highest BCUT2D eigenvalue weighted by atomic mass is 15.3. The summed E-state index contributed by atoms with van der Waals surface area (Å²) >= 11 is 0. The summed E-state index contributed by atoms with van der Waals surface area (Å²) in [6.07, 6.45) is 5.88. The van der Waals surface area contributed by atoms with Crippen LogP contribution in [0, 0.1) is 12.8 Å². The van der Waals surface area contributed by atoms with Crippen LogP contribution in [0.15, 0.2) is 18.7 Å². The number of aromatic nitrogens is 4. The van der Waals surface area contributed by atoms with Gasteiger partial charge in [-0.15, -0.1) is 0 Å². The van der Waals surface area contributed by atoms with Gasteiger partial charge in [-0.3, -0.25) is 4.68 Å². The lowest BCUT2D eigenvalue weighted by Crippen LogP contribution is -2.21. The Labute approximate surface area is 114 Å². The molecule has 0 amide bonds. The summed E-state index contributed by atoms with van der Waals surface area (Å²) in [6.45, 7) is 7.89. The van der Waals surface area contributed by atoms with Crippen LogP contribution >= 0.6 is 0 Å². The molecule has 2 rings (SSSR count). The zero-order valence-electron chi connectivity index (χ0n) is 12.2. The molecule has 2 aromatic heterocycles. The van der Waals surface area contributed by atoms with Crippen LogP contribution in [0.3, 0.4) is 0 Å². The summed E-state index contributed by atoms with van der Waals surface area (Å²) in [6, 6.07) is 0. The molecule has 1 atom stereocenters. The second-order valence-corrected chi connectivity index (χ2v) is 5.45. The van der Waals surface area contributed by atoms with Crippen LogP contribution in [-0.4, -0.2) is 25.9 Å². The van der Waals surface area contributed by atoms with Crippen molar-refractivity contribution < 1.29 is 0 Å². The molecule has 0 saturated carbocycles. The number of rotatable bonds is 5. The Morgan fingerprint density at radius 1 is 1.37 bits per heavy atom. The zero-order valence-corrected chi connectivity index (χ0v) is 12.2. The molecule has 19 heavy (non-hydrogen) atoms. The highest BCUT2D eigenvalue weighted by Crippen LogP contribution is 2.23. The van der Waals surface area contributed by atoms with E-state index < -0.39 is 0 Å². The van der Waals surface area contributed by atoms with E-state index in [2.05, 4.69) is 34.7 Å². The standard InChI is InChI=1S/C14H23N5/c1-10(2)13(5-15)14-6-16-9-19(14)8-12-7-18(4)17-11(12)3/h6-7,9-10,13H,5,8,15H2,1-4H3. The number of nitrogens with two attached hydrogens (primary N) is 1. The minimum Gasteiger partial charge on any atom is -0.330 e. The SMILES string of the molecule is Cc1nn(C)cc1Cn1cncc1C(CN)C(C)C. The average Bonchev–Trinajstić information content (AvgIpc) is 2.88. The maximum Gasteiger partial charge on any atom is 0.0951 e. The third-order valence-electron chi connectivity index (χ3n) is 3.64. The first-order chi connectivity index (χ1) is 9.02. The molecule has 104 valence electrons. The Morgan fingerprint density at radius 2 is 2.11 bits per heavy atom. The Morgan fingerprint density at radius 3 is 2.63 bits per heavy atom. The van der Waals surface area contributed by atoms with Gasteiger partial charge in [-0.2, -0.15) is 5.10 Å². The third kappa shape index (κ3) is 2.87. The maximum absolute atomic E-state index is 5.90. The predicted octanol–water partition coefficient (Wildman–Crippen LogP) is 1.67. The van der Waals surface area contributed by atoms with Crippen LogP contribution < -0.4 is 5.73 Å². The molecule has 0 bridgehead atoms. The number of imidazole rings is 1. The van der Waals surface area contributed by atoms with Crippen molar-refractivity contribution in [2.45, 2.75) is 33.2 Å². The van der Waals surface area contributed by atoms with Gasteiger partial charge in [0, 0.05) is 43.2 Å². The van der Waals surface area contributed by atoms with Crippen molar-refractivity contribution in [3.63, 3.8) is 0 Å². The van der Waals surface area contributed by atoms with Gasteiger partial charge in [-0.1, -0.05) is 13.8 Å². The quantitative estimate of drug-likeness (QED) is 0.890. The van der Waals surface area contributed by atoms with Crippen LogP contribution in [0.4, 0.5) is 0 Å². The zero-order chi connectivity index (χ0) is 14.0. The average molecular weight is 261 g/mol. The smallest absolute Gasteiger partial charge is 0.0951 e. The normalized spacial score (nSPS) is 13.2. The van der Waals surface area contributed by atoms with Crippen LogP contribution in [0.25, 0.3) is 0 Å². The molecule has 2 heterocycles. The summed E-state index contributed by atoms with van der Waals surface area (Å²) in [7, 11) is 1.95. The van der Waals surface area contributed by atoms with E-state index in [-0.39, 0.29) is 0 Å². The molecule has 2 aromatic rings. The molecule has 0 aliphatic rings. The van der Waals surface area contributed by atoms with Crippen molar-refractivity contribution in [2.24, 2.45) is 18.7 Å². The van der Waals surface area contributed by atoms with Gasteiger partial charge in [0.05, 0.1) is 18.6 Å². The molecule has 0 aliphatic heterocycles. The summed E-state index contributed by atoms with van der Waals surface area (Å²) < 4.78 is 4.03. The number of aryl methyl sites for hydroxylation is 2. The second kappa shape index (κ2) is 5.57. The lowest BCUT2D eigenvalue weighted by molar-refractivity contribution is 0.478. The molecule has 0 spiro atoms. The monoisotopic (exact) mass is 261 g/mol. The predicted molar refractivity (Wildman–Crippen MR) is 75.9 cm³/mol. The lowest BCUT2D eigenvalue weighted by atomic mass is 9.93. The van der Waals surface area contributed by atoms with E-state index in [0.29, 0.717) is 18.4 Å². The maximum atomic E-state index is 5.90. The fourth-order valence-electron chi connectivity index (χ4n) is 2.49. The van der Waals surface area contributed by atoms with Crippen LogP contribution in [-0.2, 0) is 13.6 Å². The third-order valence-corrected chi connectivity index (χ3v) is 3.64. The van der Waals surface area contributed by atoms with E-state index in [4.69, 9.17) is 5.73 Å². The van der Waals surface area contributed by atoms with Crippen LogP contribution in [0.5, 0.6) is 0 Å². The Bertz CT molecular complexity index is 538. The first-order valence-electron chi connectivity index (χ1n) is 6.72. The molecule has 2 N–H and O–H groups in total. The van der Waals surface area contributed by atoms with Crippen molar-refractivity contribution in [2.75, 3.05) is 6.54 Å². The summed E-state index contributed by atoms with van der Waals surface area (Å²) in [5.41, 5.74) is 9.40. The van der Waals surface area contributed by atoms with Crippen LogP contribution in [0.2, 0.25) is 0 Å². The van der Waals surface area contributed by atoms with Crippen molar-refractivity contribution in [1.82, 2.24) is 19.3 Å². The van der Waals surface area contributed by atoms with E-state index in [1.807, 2.05) is 31.2 Å². The van der Waals surface area contributed by atoms with E-state index in [1.54, 1.807) is 0 Å². The number of hydrogen-bond acceptors (Lipinski definition) is 3. The molecule has 1 unspecified atom stereocenters. The molecule has 0 aromatic carbocycles. The Hall–Kier alpha value is -1.62. The van der Waals surface area contributed by atoms with Crippen molar-refractivity contribution in [1.29, 1.82) is 0 Å². The first-order valence-corrected chi connectivity index (χ1v) is 6.72. The van der Waals surface area contributed by atoms with E-state index in [0.717, 1.165) is 12.2 Å². The summed E-state index contributed by atoms with van der Waals surface area (Å²) in [5.74, 6) is 0.856. The lowest BCUT2D eigenvalue weighted by Gasteiger charge is -2.20. The van der Waals surface area contributed by atoms with Gasteiger partial charge in [-0.25, -0.2) is 4.98 Å². The van der Waals surface area contributed by atoms with Gasteiger partial charge in [0.15, 0.2) is 0 Å². The van der Waals surface area contributed by atoms with Crippen molar-refractivity contribution in [3.05, 3.63) is 35.7 Å². The second-order valence-electron chi connectivity index (χ2n) is 5.45. The highest BCUT2D eigenvalue weighted by Gasteiger charge is 2.18. The Kier molecular flexibility index (Phi) is 4.04. The van der Waals surface area contributed by atoms with Crippen molar-refractivity contribution >= 4 is 0 Å². The summed E-state index contributed by atoms with van der Waals surface area (Å²) in [5, 5.41) is 4.38. The van der Waals surface area contributed by atoms with Crippen LogP contribution in [0.1, 0.15) is 36.7 Å². The van der Waals surface area contributed by atoms with E-state index >= 15 is 0 Å². The fourth-order valence-corrected chi connectivity index (χ4v) is 2.49. The number of hydrogen-bond donors (Lipinski definition) is 1. The molecule has 0 radical (unpaired) electrons. The van der Waals surface area contributed by atoms with Gasteiger partial charge in [-0.05, 0) is 12.8 Å². The van der Waals surface area contributed by atoms with Crippen molar-refractivity contribution in [3.8, 4) is 0 Å². The van der Waals surface area contributed by atoms with E-state index in [9.17, 15) is 0 Å². The largest absolute Gasteiger partial charge is 0.330 e. The van der Waals surface area contributed by atoms with Gasteiger partial charge < -0.3 is 10.3 Å². The molecule has 5 heteroatoms. The van der Waals surface area contributed by atoms with E-state index in [1.165, 1.54) is 11.3 Å². The summed E-state index contributed by atoms with van der Waals surface area (Å²) in [4.78, 5) is 4.29. The van der Waals surface area contributed by atoms with Gasteiger partial charge in [0.25, 0.3) is 0 Å². The fraction of sp³-hybridized carbons (Fsp3) is 0.571. The minimum absolute atomic E-state index is 0.347. The number of nitrogens with zero attached hydrogens (tertiary/aromatic N) is 4. The molecular weight excluding hydrogens is 238 g/mol. The molecular formula is C14H23N5. The minimum atomic E-state index is 0.347. The molecule has 0 saturated heterocycles. The Balaban J connectivity index is 2.27. The van der Waals surface area contributed by atoms with Gasteiger partial charge in [0.2, 0.25) is 0 Å². The highest BCUT2D eigenvalue weighted by molar-refractivity contribution is 5.18. The van der Waals surface area contributed by atoms with Gasteiger partial charge >= 0.3 is 0 Å². The molecule has 5 nitrogen and oxygen atoms in total. The molecule has 0 aliphatic carbocycles.